The van der Waals surface area contributed by atoms with E-state index < -0.39 is 5.54 Å². The Morgan fingerprint density at radius 1 is 1.17 bits per heavy atom. The Labute approximate surface area is 142 Å². The van der Waals surface area contributed by atoms with E-state index >= 15 is 0 Å². The second kappa shape index (κ2) is 6.63. The minimum Gasteiger partial charge on any atom is -0.330 e. The number of hydrogen-bond acceptors (Lipinski definition) is 5. The average Bonchev–Trinajstić information content (AvgIpc) is 2.59. The fourth-order valence-corrected chi connectivity index (χ4v) is 2.82. The maximum Gasteiger partial charge on any atom is 0.148 e. The summed E-state index contributed by atoms with van der Waals surface area (Å²) in [5, 5.41) is 0.995. The number of nitrogens with zero attached hydrogens (tertiary/aromatic N) is 3. The fraction of sp³-hybridized carbons (Fsp3) is 0.316. The van der Waals surface area contributed by atoms with Gasteiger partial charge in [0.1, 0.15) is 5.82 Å². The Balaban J connectivity index is 1.99. The molecule has 2 heterocycles. The number of benzene rings is 1. The summed E-state index contributed by atoms with van der Waals surface area (Å²) in [4.78, 5) is 13.4. The van der Waals surface area contributed by atoms with Crippen LogP contribution in [0.2, 0.25) is 0 Å². The molecule has 5 heteroatoms. The lowest BCUT2D eigenvalue weighted by Gasteiger charge is -2.22. The van der Waals surface area contributed by atoms with Gasteiger partial charge in [0.05, 0.1) is 11.1 Å². The maximum atomic E-state index is 6.37. The molecule has 0 spiro atoms. The van der Waals surface area contributed by atoms with Crippen LogP contribution in [0.3, 0.4) is 0 Å². The SMILES string of the molecule is Cc1ccncc1-c1ccc2nc(C(C)(N)CCCN)ncc2c1. The number of hydrogen-bond donors (Lipinski definition) is 2. The van der Waals surface area contributed by atoms with E-state index in [0.29, 0.717) is 12.4 Å². The van der Waals surface area contributed by atoms with Crippen LogP contribution in [0.25, 0.3) is 22.0 Å². The molecule has 124 valence electrons. The summed E-state index contributed by atoms with van der Waals surface area (Å²) in [6.45, 7) is 4.66. The van der Waals surface area contributed by atoms with Crippen molar-refractivity contribution in [3.8, 4) is 11.1 Å². The van der Waals surface area contributed by atoms with Crippen molar-refractivity contribution in [3.63, 3.8) is 0 Å². The summed E-state index contributed by atoms with van der Waals surface area (Å²) < 4.78 is 0. The van der Waals surface area contributed by atoms with Gasteiger partial charge in [0.2, 0.25) is 0 Å². The highest BCUT2D eigenvalue weighted by atomic mass is 15.0. The summed E-state index contributed by atoms with van der Waals surface area (Å²) in [6, 6.07) is 8.19. The quantitative estimate of drug-likeness (QED) is 0.754. The first-order valence-corrected chi connectivity index (χ1v) is 8.18. The molecule has 3 aromatic rings. The Kier molecular flexibility index (Phi) is 4.55. The van der Waals surface area contributed by atoms with E-state index in [9.17, 15) is 0 Å². The molecule has 3 rings (SSSR count). The van der Waals surface area contributed by atoms with Gasteiger partial charge in [-0.1, -0.05) is 6.07 Å². The summed E-state index contributed by atoms with van der Waals surface area (Å²) >= 11 is 0. The predicted molar refractivity (Wildman–Crippen MR) is 97.3 cm³/mol. The van der Waals surface area contributed by atoms with Crippen LogP contribution in [-0.2, 0) is 5.54 Å². The molecule has 0 aliphatic carbocycles. The Morgan fingerprint density at radius 2 is 2.00 bits per heavy atom. The summed E-state index contributed by atoms with van der Waals surface area (Å²) in [5.41, 5.74) is 15.7. The largest absolute Gasteiger partial charge is 0.330 e. The Bertz CT molecular complexity index is 857. The highest BCUT2D eigenvalue weighted by Gasteiger charge is 2.24. The molecule has 4 N–H and O–H groups in total. The average molecular weight is 321 g/mol. The van der Waals surface area contributed by atoms with E-state index in [2.05, 4.69) is 34.0 Å². The third-order valence-electron chi connectivity index (χ3n) is 4.34. The van der Waals surface area contributed by atoms with Crippen molar-refractivity contribution in [2.75, 3.05) is 6.54 Å². The topological polar surface area (TPSA) is 90.7 Å². The van der Waals surface area contributed by atoms with Crippen LogP contribution < -0.4 is 11.5 Å². The first-order chi connectivity index (χ1) is 11.5. The molecule has 0 saturated heterocycles. The normalized spacial score (nSPS) is 13.8. The van der Waals surface area contributed by atoms with Crippen molar-refractivity contribution in [2.24, 2.45) is 11.5 Å². The van der Waals surface area contributed by atoms with Gasteiger partial charge in [-0.15, -0.1) is 0 Å². The third kappa shape index (κ3) is 3.27. The van der Waals surface area contributed by atoms with Crippen molar-refractivity contribution in [2.45, 2.75) is 32.2 Å². The zero-order chi connectivity index (χ0) is 17.2. The van der Waals surface area contributed by atoms with Crippen LogP contribution >= 0.6 is 0 Å². The molecular formula is C19H23N5. The van der Waals surface area contributed by atoms with Gasteiger partial charge in [-0.3, -0.25) is 4.98 Å². The molecule has 0 saturated carbocycles. The zero-order valence-electron chi connectivity index (χ0n) is 14.2. The van der Waals surface area contributed by atoms with E-state index in [1.165, 1.54) is 5.56 Å². The zero-order valence-corrected chi connectivity index (χ0v) is 14.2. The molecule has 0 aliphatic heterocycles. The number of aryl methyl sites for hydroxylation is 1. The molecule has 5 nitrogen and oxygen atoms in total. The van der Waals surface area contributed by atoms with E-state index in [0.717, 1.165) is 34.9 Å². The van der Waals surface area contributed by atoms with Crippen molar-refractivity contribution < 1.29 is 0 Å². The van der Waals surface area contributed by atoms with Crippen LogP contribution in [0.4, 0.5) is 0 Å². The smallest absolute Gasteiger partial charge is 0.148 e. The lowest BCUT2D eigenvalue weighted by molar-refractivity contribution is 0.415. The van der Waals surface area contributed by atoms with E-state index in [4.69, 9.17) is 11.5 Å². The summed E-state index contributed by atoms with van der Waals surface area (Å²) in [5.74, 6) is 0.661. The molecule has 0 amide bonds. The molecular weight excluding hydrogens is 298 g/mol. The van der Waals surface area contributed by atoms with Gasteiger partial charge in [-0.2, -0.15) is 0 Å². The monoisotopic (exact) mass is 321 g/mol. The second-order valence-corrected chi connectivity index (χ2v) is 6.47. The molecule has 1 atom stereocenters. The highest BCUT2D eigenvalue weighted by molar-refractivity contribution is 5.84. The number of rotatable bonds is 5. The molecule has 1 aromatic carbocycles. The van der Waals surface area contributed by atoms with Crippen LogP contribution in [0.1, 0.15) is 31.2 Å². The molecule has 1 unspecified atom stereocenters. The van der Waals surface area contributed by atoms with Gasteiger partial charge in [-0.05, 0) is 62.6 Å². The van der Waals surface area contributed by atoms with Crippen molar-refractivity contribution in [1.29, 1.82) is 0 Å². The number of fused-ring (bicyclic) bond motifs is 1. The molecule has 2 aromatic heterocycles. The minimum atomic E-state index is -0.563. The van der Waals surface area contributed by atoms with Gasteiger partial charge in [-0.25, -0.2) is 9.97 Å². The number of pyridine rings is 1. The second-order valence-electron chi connectivity index (χ2n) is 6.47. The highest BCUT2D eigenvalue weighted by Crippen LogP contribution is 2.27. The van der Waals surface area contributed by atoms with Crippen molar-refractivity contribution in [3.05, 3.63) is 54.2 Å². The van der Waals surface area contributed by atoms with Gasteiger partial charge in [0, 0.05) is 29.5 Å². The predicted octanol–water partition coefficient (Wildman–Crippen LogP) is 2.91. The lowest BCUT2D eigenvalue weighted by atomic mass is 9.95. The molecule has 0 bridgehead atoms. The standard InChI is InChI=1S/C19H23N5/c1-13-6-9-22-12-16(13)14-4-5-17-15(10-14)11-23-18(24-17)19(2,21)7-3-8-20/h4-6,9-12H,3,7-8,20-21H2,1-2H3. The maximum absolute atomic E-state index is 6.37. The number of nitrogens with two attached hydrogens (primary N) is 2. The van der Waals surface area contributed by atoms with Crippen molar-refractivity contribution >= 4 is 10.9 Å². The van der Waals surface area contributed by atoms with E-state index in [1.54, 1.807) is 6.20 Å². The van der Waals surface area contributed by atoms with Gasteiger partial charge < -0.3 is 11.5 Å². The third-order valence-corrected chi connectivity index (χ3v) is 4.34. The van der Waals surface area contributed by atoms with Crippen LogP contribution in [0.15, 0.2) is 42.9 Å². The first kappa shape index (κ1) is 16.5. The lowest BCUT2D eigenvalue weighted by Crippen LogP contribution is -2.35. The van der Waals surface area contributed by atoms with Crippen LogP contribution in [0, 0.1) is 6.92 Å². The molecule has 24 heavy (non-hydrogen) atoms. The van der Waals surface area contributed by atoms with Crippen LogP contribution in [0.5, 0.6) is 0 Å². The summed E-state index contributed by atoms with van der Waals surface area (Å²) in [7, 11) is 0. The van der Waals surface area contributed by atoms with Gasteiger partial charge in [0.15, 0.2) is 0 Å². The first-order valence-electron chi connectivity index (χ1n) is 8.18. The van der Waals surface area contributed by atoms with Gasteiger partial charge >= 0.3 is 0 Å². The molecule has 0 aliphatic rings. The minimum absolute atomic E-state index is 0.563. The van der Waals surface area contributed by atoms with Crippen LogP contribution in [-0.4, -0.2) is 21.5 Å². The summed E-state index contributed by atoms with van der Waals surface area (Å²) in [6.07, 6.45) is 7.16. The Morgan fingerprint density at radius 3 is 2.75 bits per heavy atom. The van der Waals surface area contributed by atoms with Crippen molar-refractivity contribution in [1.82, 2.24) is 15.0 Å². The Hall–Kier alpha value is -2.37. The molecule has 0 radical (unpaired) electrons. The van der Waals surface area contributed by atoms with Gasteiger partial charge in [0.25, 0.3) is 0 Å². The number of aromatic nitrogens is 3. The fourth-order valence-electron chi connectivity index (χ4n) is 2.82. The molecule has 0 fully saturated rings. The van der Waals surface area contributed by atoms with E-state index in [-0.39, 0.29) is 0 Å². The van der Waals surface area contributed by atoms with E-state index in [1.807, 2.05) is 31.5 Å².